The Bertz CT molecular complexity index is 205. The van der Waals surface area contributed by atoms with Crippen molar-refractivity contribution in [1.82, 2.24) is 10.2 Å². The van der Waals surface area contributed by atoms with Crippen LogP contribution in [0.15, 0.2) is 0 Å². The maximum Gasteiger partial charge on any atom is 0.0105 e. The Morgan fingerprint density at radius 2 is 1.81 bits per heavy atom. The normalized spacial score (nSPS) is 32.1. The summed E-state index contributed by atoms with van der Waals surface area (Å²) in [7, 11) is 6.49. The molecule has 0 radical (unpaired) electrons. The third kappa shape index (κ3) is 3.74. The Kier molecular flexibility index (Phi) is 4.81. The first-order valence-corrected chi connectivity index (χ1v) is 6.66. The van der Waals surface area contributed by atoms with Gasteiger partial charge in [0.15, 0.2) is 0 Å². The molecule has 0 spiro atoms. The smallest absolute Gasteiger partial charge is 0.0105 e. The average molecular weight is 226 g/mol. The monoisotopic (exact) mass is 226 g/mol. The van der Waals surface area contributed by atoms with E-state index < -0.39 is 0 Å². The van der Waals surface area contributed by atoms with Gasteiger partial charge in [-0.2, -0.15) is 0 Å². The van der Waals surface area contributed by atoms with Gasteiger partial charge in [0.2, 0.25) is 0 Å². The van der Waals surface area contributed by atoms with Crippen LogP contribution in [0.5, 0.6) is 0 Å². The van der Waals surface area contributed by atoms with Gasteiger partial charge in [-0.3, -0.25) is 0 Å². The lowest BCUT2D eigenvalue weighted by atomic mass is 9.67. The minimum absolute atomic E-state index is 0.475. The van der Waals surface area contributed by atoms with Gasteiger partial charge in [-0.25, -0.2) is 0 Å². The van der Waals surface area contributed by atoms with Crippen LogP contribution in [0.3, 0.4) is 0 Å². The third-order valence-corrected chi connectivity index (χ3v) is 4.18. The highest BCUT2D eigenvalue weighted by Crippen LogP contribution is 2.40. The standard InChI is InChI=1S/C14H30N2/c1-14(2,3)12-7-8-13(15-4)11(9-12)10-16(5)6/h11-13,15H,7-10H2,1-6H3. The van der Waals surface area contributed by atoms with Gasteiger partial charge >= 0.3 is 0 Å². The SMILES string of the molecule is CNC1CCC(C(C)(C)C)CC1CN(C)C. The van der Waals surface area contributed by atoms with Crippen molar-refractivity contribution in [2.75, 3.05) is 27.7 Å². The molecule has 2 nitrogen and oxygen atoms in total. The number of rotatable bonds is 3. The zero-order chi connectivity index (χ0) is 12.3. The Balaban J connectivity index is 2.61. The van der Waals surface area contributed by atoms with Crippen LogP contribution < -0.4 is 5.32 Å². The summed E-state index contributed by atoms with van der Waals surface area (Å²) in [6, 6.07) is 0.723. The molecule has 0 saturated heterocycles. The lowest BCUT2D eigenvalue weighted by Gasteiger charge is -2.42. The van der Waals surface area contributed by atoms with E-state index in [-0.39, 0.29) is 0 Å². The lowest BCUT2D eigenvalue weighted by Crippen LogP contribution is -2.45. The molecule has 0 amide bonds. The fourth-order valence-corrected chi connectivity index (χ4v) is 3.10. The first kappa shape index (κ1) is 14.0. The molecule has 1 fully saturated rings. The third-order valence-electron chi connectivity index (χ3n) is 4.18. The molecule has 3 atom stereocenters. The van der Waals surface area contributed by atoms with Crippen molar-refractivity contribution in [3.8, 4) is 0 Å². The summed E-state index contributed by atoms with van der Waals surface area (Å²) in [5.41, 5.74) is 0.475. The predicted octanol–water partition coefficient (Wildman–Crippen LogP) is 2.60. The summed E-state index contributed by atoms with van der Waals surface area (Å²) in [6.45, 7) is 8.40. The van der Waals surface area contributed by atoms with E-state index in [2.05, 4.69) is 52.1 Å². The molecule has 0 heterocycles. The minimum Gasteiger partial charge on any atom is -0.317 e. The Morgan fingerprint density at radius 3 is 2.25 bits per heavy atom. The summed E-state index contributed by atoms with van der Waals surface area (Å²) >= 11 is 0. The fourth-order valence-electron chi connectivity index (χ4n) is 3.10. The van der Waals surface area contributed by atoms with Gasteiger partial charge < -0.3 is 10.2 Å². The molecular weight excluding hydrogens is 196 g/mol. The summed E-state index contributed by atoms with van der Waals surface area (Å²) in [5, 5.41) is 3.50. The second-order valence-corrected chi connectivity index (χ2v) is 6.79. The van der Waals surface area contributed by atoms with Crippen molar-refractivity contribution in [3.05, 3.63) is 0 Å². The highest BCUT2D eigenvalue weighted by atomic mass is 15.1. The molecule has 2 heteroatoms. The van der Waals surface area contributed by atoms with Gasteiger partial charge in [0.25, 0.3) is 0 Å². The molecule has 1 saturated carbocycles. The first-order chi connectivity index (χ1) is 7.34. The minimum atomic E-state index is 0.475. The molecule has 3 unspecified atom stereocenters. The van der Waals surface area contributed by atoms with Crippen molar-refractivity contribution < 1.29 is 0 Å². The van der Waals surface area contributed by atoms with Crippen LogP contribution in [0.1, 0.15) is 40.0 Å². The van der Waals surface area contributed by atoms with E-state index in [9.17, 15) is 0 Å². The quantitative estimate of drug-likeness (QED) is 0.796. The second-order valence-electron chi connectivity index (χ2n) is 6.79. The van der Waals surface area contributed by atoms with Crippen LogP contribution in [0.2, 0.25) is 0 Å². The van der Waals surface area contributed by atoms with E-state index >= 15 is 0 Å². The van der Waals surface area contributed by atoms with E-state index in [4.69, 9.17) is 0 Å². The van der Waals surface area contributed by atoms with Crippen molar-refractivity contribution in [2.24, 2.45) is 17.3 Å². The number of hydrogen-bond acceptors (Lipinski definition) is 2. The molecule has 1 aliphatic rings. The van der Waals surface area contributed by atoms with E-state index in [0.717, 1.165) is 17.9 Å². The summed E-state index contributed by atoms with van der Waals surface area (Å²) < 4.78 is 0. The molecule has 0 aromatic heterocycles. The lowest BCUT2D eigenvalue weighted by molar-refractivity contribution is 0.101. The molecule has 0 aromatic carbocycles. The number of nitrogens with one attached hydrogen (secondary N) is 1. The largest absolute Gasteiger partial charge is 0.317 e. The van der Waals surface area contributed by atoms with Gasteiger partial charge in [0, 0.05) is 12.6 Å². The zero-order valence-corrected chi connectivity index (χ0v) is 12.0. The summed E-state index contributed by atoms with van der Waals surface area (Å²) in [5.74, 6) is 1.71. The summed E-state index contributed by atoms with van der Waals surface area (Å²) in [4.78, 5) is 2.33. The van der Waals surface area contributed by atoms with Gasteiger partial charge in [0.1, 0.15) is 0 Å². The van der Waals surface area contributed by atoms with Crippen molar-refractivity contribution in [2.45, 2.75) is 46.1 Å². The molecular formula is C14H30N2. The summed E-state index contributed by atoms with van der Waals surface area (Å²) in [6.07, 6.45) is 4.11. The molecule has 0 aromatic rings. The van der Waals surface area contributed by atoms with Crippen molar-refractivity contribution >= 4 is 0 Å². The maximum absolute atomic E-state index is 3.50. The zero-order valence-electron chi connectivity index (χ0n) is 12.0. The molecule has 1 N–H and O–H groups in total. The molecule has 96 valence electrons. The molecule has 0 aliphatic heterocycles. The topological polar surface area (TPSA) is 15.3 Å². The van der Waals surface area contributed by atoms with Gasteiger partial charge in [-0.05, 0) is 57.7 Å². The van der Waals surface area contributed by atoms with Crippen LogP contribution in [-0.2, 0) is 0 Å². The highest BCUT2D eigenvalue weighted by Gasteiger charge is 2.35. The Labute approximate surface area is 102 Å². The van der Waals surface area contributed by atoms with Gasteiger partial charge in [0.05, 0.1) is 0 Å². The predicted molar refractivity (Wildman–Crippen MR) is 71.7 cm³/mol. The van der Waals surface area contributed by atoms with Crippen molar-refractivity contribution in [3.63, 3.8) is 0 Å². The average Bonchev–Trinajstić information content (AvgIpc) is 2.15. The molecule has 0 bridgehead atoms. The van der Waals surface area contributed by atoms with Crippen LogP contribution in [-0.4, -0.2) is 38.6 Å². The van der Waals surface area contributed by atoms with Crippen molar-refractivity contribution in [1.29, 1.82) is 0 Å². The number of nitrogens with zero attached hydrogens (tertiary/aromatic N) is 1. The Morgan fingerprint density at radius 1 is 1.19 bits per heavy atom. The Hall–Kier alpha value is -0.0800. The second kappa shape index (κ2) is 5.50. The van der Waals surface area contributed by atoms with Crippen LogP contribution in [0.4, 0.5) is 0 Å². The molecule has 1 aliphatic carbocycles. The van der Waals surface area contributed by atoms with E-state index in [1.807, 2.05) is 0 Å². The van der Waals surface area contributed by atoms with Gasteiger partial charge in [-0.1, -0.05) is 20.8 Å². The molecule has 1 rings (SSSR count). The maximum atomic E-state index is 3.50. The van der Waals surface area contributed by atoms with Crippen LogP contribution in [0, 0.1) is 17.3 Å². The highest BCUT2D eigenvalue weighted by molar-refractivity contribution is 4.89. The van der Waals surface area contributed by atoms with Crippen LogP contribution >= 0.6 is 0 Å². The fraction of sp³-hybridized carbons (Fsp3) is 1.00. The van der Waals surface area contributed by atoms with E-state index in [1.54, 1.807) is 0 Å². The van der Waals surface area contributed by atoms with Gasteiger partial charge in [-0.15, -0.1) is 0 Å². The van der Waals surface area contributed by atoms with E-state index in [1.165, 1.54) is 25.8 Å². The van der Waals surface area contributed by atoms with Crippen LogP contribution in [0.25, 0.3) is 0 Å². The number of hydrogen-bond donors (Lipinski definition) is 1. The molecule has 16 heavy (non-hydrogen) atoms. The van der Waals surface area contributed by atoms with E-state index in [0.29, 0.717) is 5.41 Å². The first-order valence-electron chi connectivity index (χ1n) is 6.66.